The highest BCUT2D eigenvalue weighted by Crippen LogP contribution is 2.48. The number of thiazole rings is 1. The summed E-state index contributed by atoms with van der Waals surface area (Å²) in [6.45, 7) is 23.6. The van der Waals surface area contributed by atoms with Crippen LogP contribution in [0.25, 0.3) is 0 Å². The van der Waals surface area contributed by atoms with Gasteiger partial charge in [0.2, 0.25) is 5.91 Å². The van der Waals surface area contributed by atoms with Gasteiger partial charge in [-0.05, 0) is 37.9 Å². The number of aromatic nitrogens is 1. The Balaban J connectivity index is 2.33. The molecule has 30 heavy (non-hydrogen) atoms. The Morgan fingerprint density at radius 2 is 1.90 bits per heavy atom. The lowest BCUT2D eigenvalue weighted by atomic mass is 9.96. The molecule has 172 valence electrons. The molecule has 0 saturated carbocycles. The summed E-state index contributed by atoms with van der Waals surface area (Å²) in [4.78, 5) is 17.8. The number of hydrogen-bond acceptors (Lipinski definition) is 6. The molecule has 1 aromatic rings. The summed E-state index contributed by atoms with van der Waals surface area (Å²) in [6.07, 6.45) is 1.29. The van der Waals surface area contributed by atoms with E-state index in [0.717, 1.165) is 4.88 Å². The van der Waals surface area contributed by atoms with Crippen LogP contribution in [0.2, 0.25) is 18.1 Å². The molecule has 1 saturated heterocycles. The van der Waals surface area contributed by atoms with E-state index in [4.69, 9.17) is 13.9 Å². The zero-order chi connectivity index (χ0) is 23.1. The zero-order valence-corrected chi connectivity index (χ0v) is 22.3. The number of anilines is 1. The van der Waals surface area contributed by atoms with E-state index >= 15 is 0 Å². The van der Waals surface area contributed by atoms with Gasteiger partial charge in [-0.2, -0.15) is 0 Å². The van der Waals surface area contributed by atoms with E-state index in [0.29, 0.717) is 17.7 Å². The first-order chi connectivity index (χ1) is 13.5. The van der Waals surface area contributed by atoms with E-state index in [-0.39, 0.29) is 23.2 Å². The van der Waals surface area contributed by atoms with Gasteiger partial charge in [0.05, 0.1) is 11.5 Å². The predicted octanol–water partition coefficient (Wildman–Crippen LogP) is 5.98. The maximum atomic E-state index is 12.4. The molecular formula is C22H40N2O4SSi. The lowest BCUT2D eigenvalue weighted by molar-refractivity contribution is -0.150. The molecule has 2 atom stereocenters. The molecule has 2 rings (SSSR count). The second-order valence-electron chi connectivity index (χ2n) is 11.1. The number of nitrogens with one attached hydrogen (secondary N) is 1. The Morgan fingerprint density at radius 1 is 1.30 bits per heavy atom. The molecule has 0 aliphatic carbocycles. The van der Waals surface area contributed by atoms with Gasteiger partial charge in [-0.25, -0.2) is 4.98 Å². The van der Waals surface area contributed by atoms with Crippen molar-refractivity contribution in [3.8, 4) is 0 Å². The van der Waals surface area contributed by atoms with Crippen LogP contribution in [0.5, 0.6) is 0 Å². The molecule has 0 radical (unpaired) electrons. The molecule has 1 amide bonds. The summed E-state index contributed by atoms with van der Waals surface area (Å²) < 4.78 is 18.9. The molecular weight excluding hydrogens is 416 g/mol. The van der Waals surface area contributed by atoms with Gasteiger partial charge in [0.25, 0.3) is 0 Å². The molecule has 1 aromatic heterocycles. The molecule has 0 unspecified atom stereocenters. The Labute approximate surface area is 187 Å². The van der Waals surface area contributed by atoms with Crippen molar-refractivity contribution in [2.75, 3.05) is 11.9 Å². The molecule has 1 N–H and O–H groups in total. The summed E-state index contributed by atoms with van der Waals surface area (Å²) in [6, 6.07) is 0. The Kier molecular flexibility index (Phi) is 7.31. The van der Waals surface area contributed by atoms with Crippen LogP contribution in [0.15, 0.2) is 6.20 Å². The van der Waals surface area contributed by atoms with E-state index in [1.54, 1.807) is 6.20 Å². The van der Waals surface area contributed by atoms with Crippen LogP contribution in [-0.2, 0) is 18.7 Å². The third kappa shape index (κ3) is 5.71. The molecule has 0 aromatic carbocycles. The smallest absolute Gasteiger partial charge is 0.231 e. The summed E-state index contributed by atoms with van der Waals surface area (Å²) >= 11 is 1.45. The first kappa shape index (κ1) is 25.5. The number of ether oxygens (including phenoxy) is 2. The van der Waals surface area contributed by atoms with E-state index in [2.05, 4.69) is 51.1 Å². The minimum absolute atomic E-state index is 0.0573. The largest absolute Gasteiger partial charge is 0.406 e. The van der Waals surface area contributed by atoms with Crippen LogP contribution in [0.3, 0.4) is 0 Å². The van der Waals surface area contributed by atoms with Gasteiger partial charge in [0, 0.05) is 11.6 Å². The second kappa shape index (κ2) is 8.62. The SMILES string of the molecule is CC(C)C(C)(C)[Si](C)(C)O[C@H](c1cnc(NC(=O)C(C)(C)C)s1)[C@H]1COC(C)(C)O1. The van der Waals surface area contributed by atoms with Crippen LogP contribution in [0.1, 0.15) is 73.3 Å². The molecule has 8 heteroatoms. The van der Waals surface area contributed by atoms with E-state index < -0.39 is 19.5 Å². The van der Waals surface area contributed by atoms with Crippen LogP contribution in [0.4, 0.5) is 5.13 Å². The summed E-state index contributed by atoms with van der Waals surface area (Å²) in [5.41, 5.74) is -0.482. The van der Waals surface area contributed by atoms with Gasteiger partial charge in [0.1, 0.15) is 12.2 Å². The van der Waals surface area contributed by atoms with Crippen molar-refractivity contribution >= 4 is 30.7 Å². The number of carbonyl (C=O) groups is 1. The first-order valence-electron chi connectivity index (χ1n) is 10.7. The molecule has 2 heterocycles. The number of nitrogens with zero attached hydrogens (tertiary/aromatic N) is 1. The fraction of sp³-hybridized carbons (Fsp3) is 0.818. The number of rotatable bonds is 7. The van der Waals surface area contributed by atoms with Crippen molar-refractivity contribution in [1.29, 1.82) is 0 Å². The van der Waals surface area contributed by atoms with Crippen LogP contribution in [-0.4, -0.2) is 37.7 Å². The average Bonchev–Trinajstić information content (AvgIpc) is 3.17. The van der Waals surface area contributed by atoms with Crippen molar-refractivity contribution in [2.45, 2.75) is 98.4 Å². The highest BCUT2D eigenvalue weighted by Gasteiger charge is 2.48. The number of carbonyl (C=O) groups excluding carboxylic acids is 1. The Bertz CT molecular complexity index is 753. The van der Waals surface area contributed by atoms with Crippen LogP contribution in [0, 0.1) is 11.3 Å². The second-order valence-corrected chi connectivity index (χ2v) is 16.7. The van der Waals surface area contributed by atoms with Crippen LogP contribution < -0.4 is 5.32 Å². The van der Waals surface area contributed by atoms with Crippen molar-refractivity contribution in [1.82, 2.24) is 4.98 Å². The maximum Gasteiger partial charge on any atom is 0.231 e. The lowest BCUT2D eigenvalue weighted by Crippen LogP contribution is -2.47. The normalized spacial score (nSPS) is 21.1. The Morgan fingerprint density at radius 3 is 2.37 bits per heavy atom. The topological polar surface area (TPSA) is 69.7 Å². The fourth-order valence-corrected chi connectivity index (χ4v) is 6.69. The van der Waals surface area contributed by atoms with E-state index in [1.165, 1.54) is 11.3 Å². The predicted molar refractivity (Wildman–Crippen MR) is 125 cm³/mol. The van der Waals surface area contributed by atoms with Gasteiger partial charge in [-0.15, -0.1) is 0 Å². The lowest BCUT2D eigenvalue weighted by Gasteiger charge is -2.45. The highest BCUT2D eigenvalue weighted by atomic mass is 32.1. The van der Waals surface area contributed by atoms with Gasteiger partial charge in [-0.1, -0.05) is 59.8 Å². The molecule has 1 fully saturated rings. The molecule has 1 aliphatic rings. The third-order valence-corrected chi connectivity index (χ3v) is 12.0. The van der Waals surface area contributed by atoms with Crippen molar-refractivity contribution in [3.05, 3.63) is 11.1 Å². The van der Waals surface area contributed by atoms with Crippen LogP contribution >= 0.6 is 11.3 Å². The first-order valence-corrected chi connectivity index (χ1v) is 14.5. The molecule has 0 spiro atoms. The third-order valence-electron chi connectivity index (χ3n) is 6.49. The standard InChI is InChI=1S/C22H40N2O4SSi/c1-14(2)21(6,7)30(10,11)28-17(15-13-26-22(8,9)27-15)16-12-23-19(29-16)24-18(25)20(3,4)5/h12,14-15,17H,13H2,1-11H3,(H,23,24,25)/t15-,17+/m1/s1. The zero-order valence-electron chi connectivity index (χ0n) is 20.5. The van der Waals surface area contributed by atoms with Crippen molar-refractivity contribution < 1.29 is 18.7 Å². The Hall–Kier alpha value is -0.803. The maximum absolute atomic E-state index is 12.4. The van der Waals surface area contributed by atoms with Gasteiger partial charge in [-0.3, -0.25) is 4.79 Å². The average molecular weight is 457 g/mol. The molecule has 6 nitrogen and oxygen atoms in total. The summed E-state index contributed by atoms with van der Waals surface area (Å²) in [5, 5.41) is 3.57. The van der Waals surface area contributed by atoms with E-state index in [9.17, 15) is 4.79 Å². The van der Waals surface area contributed by atoms with Gasteiger partial charge in [0.15, 0.2) is 19.2 Å². The minimum Gasteiger partial charge on any atom is -0.406 e. The monoisotopic (exact) mass is 456 g/mol. The highest BCUT2D eigenvalue weighted by molar-refractivity contribution is 7.15. The van der Waals surface area contributed by atoms with Gasteiger partial charge < -0.3 is 19.2 Å². The minimum atomic E-state index is -2.15. The number of hydrogen-bond donors (Lipinski definition) is 1. The van der Waals surface area contributed by atoms with E-state index in [1.807, 2.05) is 34.6 Å². The van der Waals surface area contributed by atoms with Crippen molar-refractivity contribution in [3.63, 3.8) is 0 Å². The quantitative estimate of drug-likeness (QED) is 0.511. The number of amides is 1. The van der Waals surface area contributed by atoms with Gasteiger partial charge >= 0.3 is 0 Å². The molecule has 0 bridgehead atoms. The summed E-state index contributed by atoms with van der Waals surface area (Å²) in [7, 11) is -2.15. The fourth-order valence-electron chi connectivity index (χ4n) is 3.11. The molecule has 1 aliphatic heterocycles. The van der Waals surface area contributed by atoms with Crippen molar-refractivity contribution in [2.24, 2.45) is 11.3 Å². The summed E-state index contributed by atoms with van der Waals surface area (Å²) in [5.74, 6) is -0.210.